The summed E-state index contributed by atoms with van der Waals surface area (Å²) in [4.78, 5) is 37.5. The van der Waals surface area contributed by atoms with Gasteiger partial charge in [0, 0.05) is 42.2 Å². The number of alkyl halides is 3. The average Bonchev–Trinajstić information content (AvgIpc) is 2.83. The summed E-state index contributed by atoms with van der Waals surface area (Å²) in [6, 6.07) is 5.64. The highest BCUT2D eigenvalue weighted by Gasteiger charge is 2.46. The van der Waals surface area contributed by atoms with Crippen LogP contribution in [0.1, 0.15) is 24.2 Å². The number of nitrogens with two attached hydrogens (primary N) is 1. The van der Waals surface area contributed by atoms with Gasteiger partial charge in [-0.25, -0.2) is 9.97 Å². The van der Waals surface area contributed by atoms with Gasteiger partial charge in [0.25, 0.3) is 5.91 Å². The number of aryl methyl sites for hydroxylation is 1. The fourth-order valence-electron chi connectivity index (χ4n) is 4.29. The minimum absolute atomic E-state index is 0.0568. The summed E-state index contributed by atoms with van der Waals surface area (Å²) in [6.07, 6.45) is 1.23. The van der Waals surface area contributed by atoms with Crippen LogP contribution in [0.5, 0.6) is 5.75 Å². The number of fused-ring (bicyclic) bond motifs is 1. The molecule has 4 rings (SSSR count). The van der Waals surface area contributed by atoms with Crippen molar-refractivity contribution in [1.29, 1.82) is 0 Å². The van der Waals surface area contributed by atoms with Gasteiger partial charge in [0.2, 0.25) is 5.91 Å². The molecule has 1 aromatic heterocycles. The van der Waals surface area contributed by atoms with Crippen molar-refractivity contribution in [2.24, 2.45) is 22.1 Å². The molecule has 0 bridgehead atoms. The standard InChI is InChI=1S/C24H24F3N5O3/c1-14-30-10-15(11-31-14)17-3-2-4-20-18(17)9-16(12-35-20)23(22(28)34)6-5-19(32-13-23)21(33)29-8-7-24(25,26)27/h2-5,10-11,13,16H,6-9,12H2,1H3,(H2,28,34)(H,29,33)/t16-,23?/m1/s1. The number of aliphatic imine (C=N–C) groups is 1. The zero-order valence-corrected chi connectivity index (χ0v) is 18.9. The first-order chi connectivity index (χ1) is 16.6. The number of carbonyl (C=O) groups excluding carboxylic acids is 2. The Kier molecular flexibility index (Phi) is 6.60. The molecule has 0 aliphatic carbocycles. The van der Waals surface area contributed by atoms with E-state index in [1.165, 1.54) is 12.3 Å². The lowest BCUT2D eigenvalue weighted by molar-refractivity contribution is -0.135. The molecule has 2 aromatic rings. The lowest BCUT2D eigenvalue weighted by atomic mass is 9.68. The summed E-state index contributed by atoms with van der Waals surface area (Å²) >= 11 is 0. The van der Waals surface area contributed by atoms with E-state index in [0.717, 1.165) is 16.7 Å². The summed E-state index contributed by atoms with van der Waals surface area (Å²) in [5, 5.41) is 2.19. The molecule has 184 valence electrons. The fraction of sp³-hybridized carbons (Fsp3) is 0.375. The number of halogens is 3. The number of hydrogen-bond donors (Lipinski definition) is 2. The maximum absolute atomic E-state index is 12.6. The van der Waals surface area contributed by atoms with Crippen LogP contribution in [0.4, 0.5) is 13.2 Å². The van der Waals surface area contributed by atoms with E-state index in [-0.39, 0.29) is 24.6 Å². The SMILES string of the molecule is Cc1ncc(-c2cccc3c2C[C@@H](C2(C(N)=O)C=NC(C(=O)NCCC(F)(F)F)=CC2)CO3)cn1. The lowest BCUT2D eigenvalue weighted by Gasteiger charge is -2.39. The molecule has 0 fully saturated rings. The van der Waals surface area contributed by atoms with Gasteiger partial charge in [-0.15, -0.1) is 0 Å². The van der Waals surface area contributed by atoms with E-state index in [2.05, 4.69) is 20.3 Å². The van der Waals surface area contributed by atoms with E-state index in [4.69, 9.17) is 10.5 Å². The van der Waals surface area contributed by atoms with Crippen LogP contribution < -0.4 is 15.8 Å². The van der Waals surface area contributed by atoms with Crippen molar-refractivity contribution in [3.8, 4) is 16.9 Å². The number of hydrogen-bond acceptors (Lipinski definition) is 6. The third-order valence-corrected chi connectivity index (χ3v) is 6.30. The van der Waals surface area contributed by atoms with Gasteiger partial charge in [0.15, 0.2) is 0 Å². The molecule has 11 heteroatoms. The number of benzene rings is 1. The highest BCUT2D eigenvalue weighted by atomic mass is 19.4. The van der Waals surface area contributed by atoms with Crippen LogP contribution in [0.2, 0.25) is 0 Å². The van der Waals surface area contributed by atoms with Gasteiger partial charge in [0.1, 0.15) is 17.3 Å². The van der Waals surface area contributed by atoms with Gasteiger partial charge in [-0.3, -0.25) is 14.6 Å². The molecule has 2 aliphatic rings. The summed E-state index contributed by atoms with van der Waals surface area (Å²) in [6.45, 7) is 1.44. The number of aromatic nitrogens is 2. The van der Waals surface area contributed by atoms with Gasteiger partial charge in [-0.1, -0.05) is 18.2 Å². The van der Waals surface area contributed by atoms with E-state index in [0.29, 0.717) is 18.0 Å². The van der Waals surface area contributed by atoms with Crippen LogP contribution in [-0.4, -0.2) is 47.3 Å². The molecule has 2 amide bonds. The van der Waals surface area contributed by atoms with Crippen LogP contribution in [0, 0.1) is 18.3 Å². The first kappa shape index (κ1) is 24.4. The van der Waals surface area contributed by atoms with Crippen LogP contribution in [0.3, 0.4) is 0 Å². The first-order valence-corrected chi connectivity index (χ1v) is 11.0. The van der Waals surface area contributed by atoms with Crippen molar-refractivity contribution >= 4 is 18.0 Å². The summed E-state index contributed by atoms with van der Waals surface area (Å²) < 4.78 is 43.0. The molecule has 0 saturated heterocycles. The van der Waals surface area contributed by atoms with Crippen LogP contribution in [-0.2, 0) is 16.0 Å². The normalized spacial score (nSPS) is 21.5. The third kappa shape index (κ3) is 5.18. The number of nitrogens with zero attached hydrogens (tertiary/aromatic N) is 3. The number of primary amides is 1. The highest BCUT2D eigenvalue weighted by Crippen LogP contribution is 2.43. The second-order valence-corrected chi connectivity index (χ2v) is 8.59. The Hall–Kier alpha value is -3.76. The number of nitrogens with one attached hydrogen (secondary N) is 1. The number of allylic oxidation sites excluding steroid dienone is 1. The molecule has 1 unspecified atom stereocenters. The first-order valence-electron chi connectivity index (χ1n) is 11.0. The van der Waals surface area contributed by atoms with Crippen LogP contribution in [0.25, 0.3) is 11.1 Å². The summed E-state index contributed by atoms with van der Waals surface area (Å²) in [7, 11) is 0. The second-order valence-electron chi connectivity index (χ2n) is 8.59. The van der Waals surface area contributed by atoms with Crippen molar-refractivity contribution in [2.45, 2.75) is 32.4 Å². The Balaban J connectivity index is 1.54. The largest absolute Gasteiger partial charge is 0.493 e. The average molecular weight is 487 g/mol. The second kappa shape index (κ2) is 9.47. The number of carbonyl (C=O) groups is 2. The van der Waals surface area contributed by atoms with Crippen molar-refractivity contribution < 1.29 is 27.5 Å². The van der Waals surface area contributed by atoms with E-state index in [1.54, 1.807) is 19.3 Å². The van der Waals surface area contributed by atoms with Crippen molar-refractivity contribution in [1.82, 2.24) is 15.3 Å². The Bertz CT molecular complexity index is 1190. The molecule has 3 heterocycles. The maximum Gasteiger partial charge on any atom is 0.390 e. The van der Waals surface area contributed by atoms with Gasteiger partial charge in [-0.05, 0) is 31.4 Å². The van der Waals surface area contributed by atoms with Gasteiger partial charge < -0.3 is 15.8 Å². The molecule has 3 N–H and O–H groups in total. The zero-order chi connectivity index (χ0) is 25.2. The molecular formula is C24H24F3N5O3. The van der Waals surface area contributed by atoms with Crippen molar-refractivity contribution in [3.63, 3.8) is 0 Å². The number of rotatable bonds is 6. The van der Waals surface area contributed by atoms with Gasteiger partial charge in [-0.2, -0.15) is 13.2 Å². The molecule has 1 aromatic carbocycles. The molecule has 8 nitrogen and oxygen atoms in total. The molecule has 2 atom stereocenters. The molecule has 0 radical (unpaired) electrons. The van der Waals surface area contributed by atoms with Crippen LogP contribution in [0.15, 0.2) is 47.4 Å². The van der Waals surface area contributed by atoms with E-state index in [9.17, 15) is 22.8 Å². The predicted octanol–water partition coefficient (Wildman–Crippen LogP) is 2.90. The minimum Gasteiger partial charge on any atom is -0.493 e. The Morgan fingerprint density at radius 1 is 1.26 bits per heavy atom. The van der Waals surface area contributed by atoms with Gasteiger partial charge in [0.05, 0.1) is 18.4 Å². The van der Waals surface area contributed by atoms with Crippen LogP contribution >= 0.6 is 0 Å². The minimum atomic E-state index is -4.38. The molecule has 0 spiro atoms. The number of ether oxygens (including phenoxy) is 1. The molecule has 0 saturated carbocycles. The quantitative estimate of drug-likeness (QED) is 0.649. The lowest BCUT2D eigenvalue weighted by Crippen LogP contribution is -2.49. The summed E-state index contributed by atoms with van der Waals surface area (Å²) in [5.74, 6) is -0.414. The Morgan fingerprint density at radius 3 is 2.63 bits per heavy atom. The molecule has 2 aliphatic heterocycles. The van der Waals surface area contributed by atoms with E-state index < -0.39 is 36.4 Å². The monoisotopic (exact) mass is 487 g/mol. The highest BCUT2D eigenvalue weighted by molar-refractivity contribution is 6.02. The van der Waals surface area contributed by atoms with Crippen molar-refractivity contribution in [3.05, 3.63) is 53.8 Å². The third-order valence-electron chi connectivity index (χ3n) is 6.30. The van der Waals surface area contributed by atoms with E-state index in [1.807, 2.05) is 18.2 Å². The fourth-order valence-corrected chi connectivity index (χ4v) is 4.29. The van der Waals surface area contributed by atoms with Crippen molar-refractivity contribution in [2.75, 3.05) is 13.2 Å². The topological polar surface area (TPSA) is 120 Å². The smallest absolute Gasteiger partial charge is 0.390 e. The molecule has 35 heavy (non-hydrogen) atoms. The van der Waals surface area contributed by atoms with Gasteiger partial charge >= 0.3 is 6.18 Å². The Morgan fingerprint density at radius 2 is 2.00 bits per heavy atom. The maximum atomic E-state index is 12.6. The molecular weight excluding hydrogens is 463 g/mol. The summed E-state index contributed by atoms with van der Waals surface area (Å²) in [5.41, 5.74) is 7.09. The Labute approximate surface area is 199 Å². The number of amides is 2. The predicted molar refractivity (Wildman–Crippen MR) is 121 cm³/mol. The van der Waals surface area contributed by atoms with E-state index >= 15 is 0 Å². The zero-order valence-electron chi connectivity index (χ0n) is 18.9.